The summed E-state index contributed by atoms with van der Waals surface area (Å²) in [5, 5.41) is 10.1. The zero-order valence-corrected chi connectivity index (χ0v) is 18.2. The summed E-state index contributed by atoms with van der Waals surface area (Å²) in [6, 6.07) is 12.9. The molecule has 32 heavy (non-hydrogen) atoms. The summed E-state index contributed by atoms with van der Waals surface area (Å²) < 4.78 is 16.7. The molecule has 8 nitrogen and oxygen atoms in total. The summed E-state index contributed by atoms with van der Waals surface area (Å²) in [5.74, 6) is -1.86. The van der Waals surface area contributed by atoms with Gasteiger partial charge < -0.3 is 23.9 Å². The summed E-state index contributed by atoms with van der Waals surface area (Å²) in [7, 11) is 2.68. The number of phenols is 1. The van der Waals surface area contributed by atoms with Gasteiger partial charge in [0.05, 0.1) is 19.8 Å². The van der Waals surface area contributed by atoms with Crippen molar-refractivity contribution in [2.24, 2.45) is 0 Å². The molecule has 2 aromatic carbocycles. The maximum atomic E-state index is 12.7. The molecule has 0 aliphatic heterocycles. The lowest BCUT2D eigenvalue weighted by atomic mass is 10.1. The van der Waals surface area contributed by atoms with Gasteiger partial charge in [-0.2, -0.15) is 0 Å². The summed E-state index contributed by atoms with van der Waals surface area (Å²) in [6.45, 7) is 3.14. The first kappa shape index (κ1) is 22.6. The molecular formula is C24H23NO7. The van der Waals surface area contributed by atoms with Crippen LogP contribution in [0.3, 0.4) is 0 Å². The molecule has 0 saturated heterocycles. The van der Waals surface area contributed by atoms with Gasteiger partial charge in [0.2, 0.25) is 5.78 Å². The van der Waals surface area contributed by atoms with Crippen molar-refractivity contribution < 1.29 is 33.7 Å². The Morgan fingerprint density at radius 1 is 0.938 bits per heavy atom. The molecule has 0 atom stereocenters. The lowest BCUT2D eigenvalue weighted by Gasteiger charge is -2.11. The number of carbonyl (C=O) groups excluding carboxylic acids is 3. The van der Waals surface area contributed by atoms with Crippen LogP contribution in [0.4, 0.5) is 0 Å². The molecule has 0 amide bonds. The molecule has 1 heterocycles. The van der Waals surface area contributed by atoms with Crippen LogP contribution in [0.1, 0.15) is 42.5 Å². The highest BCUT2D eigenvalue weighted by atomic mass is 16.5. The number of ether oxygens (including phenoxy) is 3. The Bertz CT molecular complexity index is 1180. The molecule has 0 aliphatic carbocycles. The van der Waals surface area contributed by atoms with Crippen molar-refractivity contribution in [3.05, 3.63) is 76.6 Å². The predicted octanol–water partition coefficient (Wildman–Crippen LogP) is 3.63. The van der Waals surface area contributed by atoms with Crippen LogP contribution in [0.2, 0.25) is 0 Å². The zero-order valence-electron chi connectivity index (χ0n) is 18.2. The molecule has 3 rings (SSSR count). The average molecular weight is 437 g/mol. The number of para-hydroxylation sites is 1. The van der Waals surface area contributed by atoms with Crippen LogP contribution in [-0.2, 0) is 9.47 Å². The van der Waals surface area contributed by atoms with Gasteiger partial charge in [-0.25, -0.2) is 9.59 Å². The molecule has 1 N–H and O–H groups in total. The maximum Gasteiger partial charge on any atom is 0.342 e. The number of phenolic OH excluding ortho intramolecular Hbond substituents is 1. The minimum Gasteiger partial charge on any atom is -0.504 e. The Morgan fingerprint density at radius 3 is 2.25 bits per heavy atom. The molecular weight excluding hydrogens is 414 g/mol. The van der Waals surface area contributed by atoms with Crippen LogP contribution in [0.25, 0.3) is 5.69 Å². The number of aromatic hydroxyl groups is 1. The number of aryl methyl sites for hydroxylation is 1. The quantitative estimate of drug-likeness (QED) is 0.445. The fourth-order valence-corrected chi connectivity index (χ4v) is 3.45. The van der Waals surface area contributed by atoms with Gasteiger partial charge in [0.25, 0.3) is 0 Å². The van der Waals surface area contributed by atoms with E-state index in [0.29, 0.717) is 16.8 Å². The number of rotatable bonds is 7. The predicted molar refractivity (Wildman–Crippen MR) is 116 cm³/mol. The molecule has 0 spiro atoms. The van der Waals surface area contributed by atoms with E-state index in [2.05, 4.69) is 0 Å². The van der Waals surface area contributed by atoms with Crippen molar-refractivity contribution in [2.75, 3.05) is 20.8 Å². The van der Waals surface area contributed by atoms with Crippen molar-refractivity contribution >= 4 is 17.7 Å². The van der Waals surface area contributed by atoms with Crippen molar-refractivity contribution in [1.29, 1.82) is 0 Å². The second kappa shape index (κ2) is 9.38. The summed E-state index contributed by atoms with van der Waals surface area (Å²) in [4.78, 5) is 36.7. The van der Waals surface area contributed by atoms with Crippen molar-refractivity contribution in [2.45, 2.75) is 13.8 Å². The normalized spacial score (nSPS) is 10.5. The Kier molecular flexibility index (Phi) is 6.63. The van der Waals surface area contributed by atoms with E-state index in [1.165, 1.54) is 32.4 Å². The third-order valence-corrected chi connectivity index (χ3v) is 5.05. The lowest BCUT2D eigenvalue weighted by molar-refractivity contribution is 0.0471. The second-order valence-electron chi connectivity index (χ2n) is 7.01. The average Bonchev–Trinajstić information content (AvgIpc) is 3.10. The van der Waals surface area contributed by atoms with Gasteiger partial charge in [-0.1, -0.05) is 6.07 Å². The highest BCUT2D eigenvalue weighted by Gasteiger charge is 2.21. The summed E-state index contributed by atoms with van der Waals surface area (Å²) in [5.41, 5.74) is 2.97. The molecule has 8 heteroatoms. The molecule has 166 valence electrons. The number of hydrogen-bond acceptors (Lipinski definition) is 7. The number of benzene rings is 2. The van der Waals surface area contributed by atoms with E-state index in [1.54, 1.807) is 37.3 Å². The Hall–Kier alpha value is -4.07. The van der Waals surface area contributed by atoms with Crippen LogP contribution in [0.15, 0.2) is 48.5 Å². The van der Waals surface area contributed by atoms with Gasteiger partial charge in [0.1, 0.15) is 5.56 Å². The molecule has 0 fully saturated rings. The van der Waals surface area contributed by atoms with Crippen molar-refractivity contribution in [3.8, 4) is 17.2 Å². The topological polar surface area (TPSA) is 104 Å². The summed E-state index contributed by atoms with van der Waals surface area (Å²) >= 11 is 0. The van der Waals surface area contributed by atoms with E-state index < -0.39 is 18.5 Å². The number of hydrogen-bond donors (Lipinski definition) is 1. The molecule has 0 aliphatic rings. The van der Waals surface area contributed by atoms with Gasteiger partial charge in [-0.05, 0) is 56.3 Å². The zero-order chi connectivity index (χ0) is 23.4. The largest absolute Gasteiger partial charge is 0.504 e. The minimum atomic E-state index is -0.832. The Balaban J connectivity index is 1.77. The summed E-state index contributed by atoms with van der Waals surface area (Å²) in [6.07, 6.45) is 0. The standard InChI is InChI=1S/C24H23NO7/c1-14-12-19(15(2)25(14)17-10-8-16(9-11-17)23(28)31-4)20(26)13-32-24(29)18-6-5-7-21(30-3)22(18)27/h5-12,27H,13H2,1-4H3. The van der Waals surface area contributed by atoms with Crippen LogP contribution in [-0.4, -0.2) is 48.2 Å². The van der Waals surface area contributed by atoms with Gasteiger partial charge in [-0.3, -0.25) is 4.79 Å². The molecule has 0 radical (unpaired) electrons. The minimum absolute atomic E-state index is 0.0895. The smallest absolute Gasteiger partial charge is 0.342 e. The Morgan fingerprint density at radius 2 is 1.62 bits per heavy atom. The van der Waals surface area contributed by atoms with Crippen LogP contribution in [0.5, 0.6) is 11.5 Å². The molecule has 0 unspecified atom stereocenters. The first-order valence-corrected chi connectivity index (χ1v) is 9.72. The van der Waals surface area contributed by atoms with Crippen LogP contribution < -0.4 is 4.74 Å². The number of nitrogens with zero attached hydrogens (tertiary/aromatic N) is 1. The fourth-order valence-electron chi connectivity index (χ4n) is 3.45. The van der Waals surface area contributed by atoms with Crippen molar-refractivity contribution in [3.63, 3.8) is 0 Å². The van der Waals surface area contributed by atoms with E-state index in [9.17, 15) is 19.5 Å². The van der Waals surface area contributed by atoms with E-state index in [-0.39, 0.29) is 22.8 Å². The lowest BCUT2D eigenvalue weighted by Crippen LogP contribution is -2.15. The van der Waals surface area contributed by atoms with Gasteiger partial charge >= 0.3 is 11.9 Å². The van der Waals surface area contributed by atoms with E-state index in [0.717, 1.165) is 11.4 Å². The van der Waals surface area contributed by atoms with E-state index in [1.807, 2.05) is 11.5 Å². The highest BCUT2D eigenvalue weighted by Crippen LogP contribution is 2.30. The number of Topliss-reactive ketones (excluding diaryl/α,β-unsaturated/α-hetero) is 1. The SMILES string of the molecule is COC(=O)c1ccc(-n2c(C)cc(C(=O)COC(=O)c3cccc(OC)c3O)c2C)cc1. The van der Waals surface area contributed by atoms with E-state index >= 15 is 0 Å². The molecule has 0 bridgehead atoms. The van der Waals surface area contributed by atoms with Crippen LogP contribution >= 0.6 is 0 Å². The monoisotopic (exact) mass is 437 g/mol. The fraction of sp³-hybridized carbons (Fsp3) is 0.208. The third kappa shape index (κ3) is 4.34. The van der Waals surface area contributed by atoms with Crippen LogP contribution in [0, 0.1) is 13.8 Å². The van der Waals surface area contributed by atoms with Gasteiger partial charge in [-0.15, -0.1) is 0 Å². The first-order chi connectivity index (χ1) is 15.3. The van der Waals surface area contributed by atoms with Gasteiger partial charge in [0, 0.05) is 22.6 Å². The van der Waals surface area contributed by atoms with E-state index in [4.69, 9.17) is 14.2 Å². The number of ketones is 1. The Labute approximate surface area is 185 Å². The molecule has 0 saturated carbocycles. The van der Waals surface area contributed by atoms with Crippen molar-refractivity contribution in [1.82, 2.24) is 4.57 Å². The number of aromatic nitrogens is 1. The number of esters is 2. The first-order valence-electron chi connectivity index (χ1n) is 9.72. The molecule has 1 aromatic heterocycles. The second-order valence-corrected chi connectivity index (χ2v) is 7.01. The highest BCUT2D eigenvalue weighted by molar-refractivity contribution is 6.01. The maximum absolute atomic E-state index is 12.7. The number of carbonyl (C=O) groups is 3. The third-order valence-electron chi connectivity index (χ3n) is 5.05. The molecule has 3 aromatic rings. The van der Waals surface area contributed by atoms with Gasteiger partial charge in [0.15, 0.2) is 18.1 Å². The number of methoxy groups -OCH3 is 2.